The summed E-state index contributed by atoms with van der Waals surface area (Å²) < 4.78 is 10.8. The van der Waals surface area contributed by atoms with Crippen LogP contribution in [0.5, 0.6) is 11.5 Å². The summed E-state index contributed by atoms with van der Waals surface area (Å²) in [5, 5.41) is 8.62. The van der Waals surface area contributed by atoms with Crippen LogP contribution in [-0.4, -0.2) is 40.0 Å². The molecule has 2 aliphatic rings. The van der Waals surface area contributed by atoms with Crippen molar-refractivity contribution in [1.29, 1.82) is 0 Å². The maximum absolute atomic E-state index is 13.0. The number of hydroxylamine groups is 1. The van der Waals surface area contributed by atoms with E-state index in [1.54, 1.807) is 10.4 Å². The summed E-state index contributed by atoms with van der Waals surface area (Å²) in [6.07, 6.45) is 0.299. The van der Waals surface area contributed by atoms with Gasteiger partial charge >= 0.3 is 0 Å². The number of carbonyl (C=O) groups excluding carboxylic acids is 2. The number of hydrogen-bond donors (Lipinski definition) is 2. The SMILES string of the molecule is CC1SC(c2ccc3c(c2)OCO3)N(C(Cc2ccccc2)C(=O)NO)C1=O. The summed E-state index contributed by atoms with van der Waals surface area (Å²) >= 11 is 1.47. The molecule has 2 N–H and O–H groups in total. The van der Waals surface area contributed by atoms with Crippen molar-refractivity contribution in [3.63, 3.8) is 0 Å². The first kappa shape index (κ1) is 18.6. The second kappa shape index (κ2) is 7.73. The molecule has 0 radical (unpaired) electrons. The first-order valence-electron chi connectivity index (χ1n) is 8.93. The van der Waals surface area contributed by atoms with E-state index >= 15 is 0 Å². The average molecular weight is 400 g/mol. The van der Waals surface area contributed by atoms with E-state index in [1.807, 2.05) is 55.5 Å². The van der Waals surface area contributed by atoms with E-state index < -0.39 is 11.9 Å². The summed E-state index contributed by atoms with van der Waals surface area (Å²) in [6, 6.07) is 14.1. The van der Waals surface area contributed by atoms with Gasteiger partial charge in [0.1, 0.15) is 11.4 Å². The predicted octanol–water partition coefficient (Wildman–Crippen LogP) is 2.49. The number of ether oxygens (including phenoxy) is 2. The number of thioether (sulfide) groups is 1. The fourth-order valence-electron chi connectivity index (χ4n) is 3.49. The molecule has 2 aliphatic heterocycles. The highest BCUT2D eigenvalue weighted by atomic mass is 32.2. The second-order valence-corrected chi connectivity index (χ2v) is 8.10. The van der Waals surface area contributed by atoms with Crippen LogP contribution in [0.1, 0.15) is 23.4 Å². The average Bonchev–Trinajstić information content (AvgIpc) is 3.30. The van der Waals surface area contributed by atoms with Crippen LogP contribution in [0.3, 0.4) is 0 Å². The van der Waals surface area contributed by atoms with Crippen LogP contribution in [0.2, 0.25) is 0 Å². The summed E-state index contributed by atoms with van der Waals surface area (Å²) in [5.74, 6) is 0.526. The molecule has 0 bridgehead atoms. The molecule has 3 unspecified atom stereocenters. The lowest BCUT2D eigenvalue weighted by Crippen LogP contribution is -2.49. The molecular formula is C20H20N2O5S. The van der Waals surface area contributed by atoms with Crippen LogP contribution in [0.15, 0.2) is 48.5 Å². The van der Waals surface area contributed by atoms with Gasteiger partial charge in [-0.2, -0.15) is 0 Å². The standard InChI is InChI=1S/C20H20N2O5S/c1-12-19(24)22(15(18(23)21-25)9-13-5-3-2-4-6-13)20(28-12)14-7-8-16-17(10-14)27-11-26-16/h2-8,10,12,15,20,25H,9,11H2,1H3,(H,21,23). The summed E-state index contributed by atoms with van der Waals surface area (Å²) in [5.41, 5.74) is 3.47. The molecule has 1 fully saturated rings. The monoisotopic (exact) mass is 400 g/mol. The maximum atomic E-state index is 13.0. The van der Waals surface area contributed by atoms with Crippen LogP contribution in [0, 0.1) is 0 Å². The molecule has 2 aromatic carbocycles. The Balaban J connectivity index is 1.69. The van der Waals surface area contributed by atoms with Gasteiger partial charge in [-0.05, 0) is 30.2 Å². The Morgan fingerprint density at radius 1 is 1.25 bits per heavy atom. The van der Waals surface area contributed by atoms with Gasteiger partial charge < -0.3 is 14.4 Å². The Hall–Kier alpha value is -2.71. The minimum Gasteiger partial charge on any atom is -0.454 e. The Kier molecular flexibility index (Phi) is 5.15. The largest absolute Gasteiger partial charge is 0.454 e. The molecule has 2 aromatic rings. The molecule has 1 saturated heterocycles. The van der Waals surface area contributed by atoms with Crippen molar-refractivity contribution < 1.29 is 24.3 Å². The van der Waals surface area contributed by atoms with Crippen LogP contribution in [-0.2, 0) is 16.0 Å². The van der Waals surface area contributed by atoms with Gasteiger partial charge in [0.2, 0.25) is 12.7 Å². The third kappa shape index (κ3) is 3.41. The summed E-state index contributed by atoms with van der Waals surface area (Å²) in [6.45, 7) is 1.99. The van der Waals surface area contributed by atoms with E-state index in [2.05, 4.69) is 0 Å². The van der Waals surface area contributed by atoms with Gasteiger partial charge in [-0.1, -0.05) is 36.4 Å². The lowest BCUT2D eigenvalue weighted by molar-refractivity contribution is -0.143. The number of rotatable bonds is 5. The molecule has 0 aromatic heterocycles. The zero-order chi connectivity index (χ0) is 19.7. The van der Waals surface area contributed by atoms with Gasteiger partial charge in [0, 0.05) is 6.42 Å². The van der Waals surface area contributed by atoms with Crippen molar-refractivity contribution in [2.45, 2.75) is 30.0 Å². The topological polar surface area (TPSA) is 88.1 Å². The first-order chi connectivity index (χ1) is 13.6. The molecule has 2 amide bonds. The third-order valence-corrected chi connectivity index (χ3v) is 6.26. The minimum absolute atomic E-state index is 0.141. The van der Waals surface area contributed by atoms with Gasteiger partial charge in [-0.15, -0.1) is 11.8 Å². The van der Waals surface area contributed by atoms with E-state index in [9.17, 15) is 14.8 Å². The van der Waals surface area contributed by atoms with E-state index in [-0.39, 0.29) is 23.3 Å². The van der Waals surface area contributed by atoms with Crippen LogP contribution in [0.4, 0.5) is 0 Å². The maximum Gasteiger partial charge on any atom is 0.266 e. The van der Waals surface area contributed by atoms with E-state index in [0.717, 1.165) is 11.1 Å². The highest BCUT2D eigenvalue weighted by molar-refractivity contribution is 8.01. The number of amides is 2. The van der Waals surface area contributed by atoms with Gasteiger partial charge in [-0.25, -0.2) is 5.48 Å². The lowest BCUT2D eigenvalue weighted by Gasteiger charge is -2.31. The molecule has 0 spiro atoms. The van der Waals surface area contributed by atoms with Crippen LogP contribution < -0.4 is 15.0 Å². The van der Waals surface area contributed by atoms with Crippen molar-refractivity contribution in [3.8, 4) is 11.5 Å². The first-order valence-corrected chi connectivity index (χ1v) is 9.88. The van der Waals surface area contributed by atoms with Crippen LogP contribution >= 0.6 is 11.8 Å². The molecule has 7 nitrogen and oxygen atoms in total. The smallest absolute Gasteiger partial charge is 0.266 e. The van der Waals surface area contributed by atoms with Gasteiger partial charge in [0.05, 0.1) is 5.25 Å². The molecule has 4 rings (SSSR count). The molecule has 3 atom stereocenters. The highest BCUT2D eigenvalue weighted by Crippen LogP contribution is 2.46. The number of hydrogen-bond acceptors (Lipinski definition) is 6. The zero-order valence-corrected chi connectivity index (χ0v) is 16.0. The quantitative estimate of drug-likeness (QED) is 0.592. The van der Waals surface area contributed by atoms with Crippen molar-refractivity contribution in [2.24, 2.45) is 0 Å². The van der Waals surface area contributed by atoms with Crippen molar-refractivity contribution in [3.05, 3.63) is 59.7 Å². The number of nitrogens with zero attached hydrogens (tertiary/aromatic N) is 1. The molecule has 2 heterocycles. The second-order valence-electron chi connectivity index (χ2n) is 6.67. The van der Waals surface area contributed by atoms with Crippen molar-refractivity contribution in [1.82, 2.24) is 10.4 Å². The summed E-state index contributed by atoms with van der Waals surface area (Å²) in [7, 11) is 0. The summed E-state index contributed by atoms with van der Waals surface area (Å²) in [4.78, 5) is 27.0. The molecule has 0 saturated carbocycles. The molecule has 0 aliphatic carbocycles. The van der Waals surface area contributed by atoms with Crippen molar-refractivity contribution in [2.75, 3.05) is 6.79 Å². The highest BCUT2D eigenvalue weighted by Gasteiger charge is 2.45. The Morgan fingerprint density at radius 3 is 2.75 bits per heavy atom. The Bertz CT molecular complexity index is 891. The van der Waals surface area contributed by atoms with E-state index in [0.29, 0.717) is 17.9 Å². The molecule has 146 valence electrons. The number of nitrogens with one attached hydrogen (secondary N) is 1. The van der Waals surface area contributed by atoms with Crippen molar-refractivity contribution >= 4 is 23.6 Å². The molecule has 28 heavy (non-hydrogen) atoms. The van der Waals surface area contributed by atoms with Gasteiger partial charge in [0.25, 0.3) is 5.91 Å². The fourth-order valence-corrected chi connectivity index (χ4v) is 4.81. The Morgan fingerprint density at radius 2 is 2.00 bits per heavy atom. The molecular weight excluding hydrogens is 380 g/mol. The third-order valence-electron chi connectivity index (χ3n) is 4.89. The minimum atomic E-state index is -0.840. The predicted molar refractivity (Wildman–Crippen MR) is 103 cm³/mol. The lowest BCUT2D eigenvalue weighted by atomic mass is 10.0. The normalized spacial score (nSPS) is 21.6. The Labute approximate surface area is 166 Å². The fraction of sp³-hybridized carbons (Fsp3) is 0.300. The number of carbonyl (C=O) groups is 2. The number of fused-ring (bicyclic) bond motifs is 1. The van der Waals surface area contributed by atoms with Gasteiger partial charge in [0.15, 0.2) is 11.5 Å². The zero-order valence-electron chi connectivity index (χ0n) is 15.2. The van der Waals surface area contributed by atoms with E-state index in [1.165, 1.54) is 11.8 Å². The number of benzene rings is 2. The van der Waals surface area contributed by atoms with Gasteiger partial charge in [-0.3, -0.25) is 14.8 Å². The molecule has 8 heteroatoms. The van der Waals surface area contributed by atoms with E-state index in [4.69, 9.17) is 9.47 Å². The van der Waals surface area contributed by atoms with Crippen LogP contribution in [0.25, 0.3) is 0 Å².